The van der Waals surface area contributed by atoms with Crippen LogP contribution in [0.25, 0.3) is 0 Å². The molecule has 0 spiro atoms. The number of rotatable bonds is 5. The van der Waals surface area contributed by atoms with Gasteiger partial charge in [-0.1, -0.05) is 18.2 Å². The second-order valence-corrected chi connectivity index (χ2v) is 6.38. The number of para-hydroxylation sites is 1. The van der Waals surface area contributed by atoms with E-state index in [0.717, 1.165) is 25.9 Å². The third-order valence-corrected chi connectivity index (χ3v) is 4.65. The smallest absolute Gasteiger partial charge is 0.338 e. The molecule has 0 atom stereocenters. The monoisotopic (exact) mass is 352 g/mol. The van der Waals surface area contributed by atoms with E-state index in [1.807, 2.05) is 18.2 Å². The van der Waals surface area contributed by atoms with Crippen LogP contribution < -0.4 is 10.2 Å². The maximum Gasteiger partial charge on any atom is 0.338 e. The van der Waals surface area contributed by atoms with Crippen LogP contribution in [0.4, 0.5) is 11.4 Å². The zero-order valence-corrected chi connectivity index (χ0v) is 15.0. The van der Waals surface area contributed by atoms with Gasteiger partial charge in [0, 0.05) is 30.4 Å². The number of carbonyl (C=O) groups is 2. The molecule has 0 saturated carbocycles. The summed E-state index contributed by atoms with van der Waals surface area (Å²) < 4.78 is 4.96. The molecule has 0 radical (unpaired) electrons. The van der Waals surface area contributed by atoms with Crippen molar-refractivity contribution in [2.24, 2.45) is 5.92 Å². The summed E-state index contributed by atoms with van der Waals surface area (Å²) in [5.74, 6) is -0.292. The van der Waals surface area contributed by atoms with Gasteiger partial charge >= 0.3 is 5.97 Å². The lowest BCUT2D eigenvalue weighted by atomic mass is 9.95. The Hall–Kier alpha value is -2.82. The zero-order valence-electron chi connectivity index (χ0n) is 15.0. The van der Waals surface area contributed by atoms with Crippen molar-refractivity contribution in [1.82, 2.24) is 0 Å². The molecule has 1 fully saturated rings. The highest BCUT2D eigenvalue weighted by molar-refractivity contribution is 5.94. The number of nitrogens with zero attached hydrogens (tertiary/aromatic N) is 1. The summed E-state index contributed by atoms with van der Waals surface area (Å²) in [5, 5.41) is 2.95. The molecule has 1 saturated heterocycles. The Balaban J connectivity index is 1.52. The van der Waals surface area contributed by atoms with E-state index in [0.29, 0.717) is 17.9 Å². The van der Waals surface area contributed by atoms with Gasteiger partial charge in [0.05, 0.1) is 12.2 Å². The molecule has 0 bridgehead atoms. The van der Waals surface area contributed by atoms with Crippen LogP contribution in [0.3, 0.4) is 0 Å². The summed E-state index contributed by atoms with van der Waals surface area (Å²) in [6.07, 6.45) is 1.67. The van der Waals surface area contributed by atoms with Crippen LogP contribution in [0.1, 0.15) is 30.1 Å². The fourth-order valence-corrected chi connectivity index (χ4v) is 3.19. The van der Waals surface area contributed by atoms with Crippen LogP contribution in [-0.2, 0) is 9.53 Å². The van der Waals surface area contributed by atoms with Crippen molar-refractivity contribution in [1.29, 1.82) is 0 Å². The second-order valence-electron chi connectivity index (χ2n) is 6.38. The minimum atomic E-state index is -0.348. The molecule has 2 aromatic rings. The third-order valence-electron chi connectivity index (χ3n) is 4.65. The van der Waals surface area contributed by atoms with Gasteiger partial charge in [0.15, 0.2) is 0 Å². The number of carbonyl (C=O) groups excluding carboxylic acids is 2. The summed E-state index contributed by atoms with van der Waals surface area (Å²) in [4.78, 5) is 26.5. The van der Waals surface area contributed by atoms with Crippen molar-refractivity contribution in [3.05, 3.63) is 60.2 Å². The van der Waals surface area contributed by atoms with Crippen molar-refractivity contribution >= 4 is 23.3 Å². The predicted octanol–water partition coefficient (Wildman–Crippen LogP) is 3.72. The third kappa shape index (κ3) is 4.42. The Kier molecular flexibility index (Phi) is 5.89. The summed E-state index contributed by atoms with van der Waals surface area (Å²) in [6.45, 7) is 3.88. The van der Waals surface area contributed by atoms with Crippen LogP contribution in [0.2, 0.25) is 0 Å². The minimum Gasteiger partial charge on any atom is -0.462 e. The molecular formula is C21H24N2O3. The molecule has 2 aromatic carbocycles. The Morgan fingerprint density at radius 1 is 1.04 bits per heavy atom. The number of piperidine rings is 1. The number of hydrogen-bond donors (Lipinski definition) is 1. The number of amides is 1. The first-order valence-electron chi connectivity index (χ1n) is 9.05. The van der Waals surface area contributed by atoms with Gasteiger partial charge in [0.25, 0.3) is 0 Å². The SMILES string of the molecule is CCOC(=O)c1ccc(NC(=O)C2CCN(c3ccccc3)CC2)cc1. The van der Waals surface area contributed by atoms with Gasteiger partial charge in [-0.2, -0.15) is 0 Å². The summed E-state index contributed by atoms with van der Waals surface area (Å²) in [6, 6.07) is 17.1. The van der Waals surface area contributed by atoms with Crippen molar-refractivity contribution in [3.63, 3.8) is 0 Å². The molecule has 1 aliphatic rings. The van der Waals surface area contributed by atoms with E-state index in [9.17, 15) is 9.59 Å². The molecule has 0 aliphatic carbocycles. The lowest BCUT2D eigenvalue weighted by molar-refractivity contribution is -0.120. The maximum atomic E-state index is 12.5. The van der Waals surface area contributed by atoms with E-state index in [2.05, 4.69) is 22.3 Å². The van der Waals surface area contributed by atoms with Gasteiger partial charge in [0.1, 0.15) is 0 Å². The number of hydrogen-bond acceptors (Lipinski definition) is 4. The number of ether oxygens (including phenoxy) is 1. The standard InChI is InChI=1S/C21H24N2O3/c1-2-26-21(25)17-8-10-18(11-9-17)22-20(24)16-12-14-23(15-13-16)19-6-4-3-5-7-19/h3-11,16H,2,12-15H2,1H3,(H,22,24). The van der Waals surface area contributed by atoms with E-state index in [4.69, 9.17) is 4.74 Å². The molecular weight excluding hydrogens is 328 g/mol. The number of benzene rings is 2. The minimum absolute atomic E-state index is 0.0136. The zero-order chi connectivity index (χ0) is 18.4. The molecule has 1 amide bonds. The van der Waals surface area contributed by atoms with E-state index in [1.54, 1.807) is 31.2 Å². The van der Waals surface area contributed by atoms with Gasteiger partial charge in [-0.25, -0.2) is 4.79 Å². The average molecular weight is 352 g/mol. The second kappa shape index (κ2) is 8.52. The van der Waals surface area contributed by atoms with Crippen LogP contribution >= 0.6 is 0 Å². The number of anilines is 2. The van der Waals surface area contributed by atoms with Gasteiger partial charge in [-0.05, 0) is 56.2 Å². The lowest BCUT2D eigenvalue weighted by Gasteiger charge is -2.33. The molecule has 136 valence electrons. The molecule has 1 N–H and O–H groups in total. The molecule has 26 heavy (non-hydrogen) atoms. The molecule has 0 aromatic heterocycles. The highest BCUT2D eigenvalue weighted by Gasteiger charge is 2.25. The van der Waals surface area contributed by atoms with Crippen molar-refractivity contribution in [2.75, 3.05) is 29.9 Å². The van der Waals surface area contributed by atoms with Gasteiger partial charge in [-0.15, -0.1) is 0 Å². The van der Waals surface area contributed by atoms with E-state index >= 15 is 0 Å². The van der Waals surface area contributed by atoms with Crippen LogP contribution in [0.5, 0.6) is 0 Å². The van der Waals surface area contributed by atoms with Gasteiger partial charge in [-0.3, -0.25) is 4.79 Å². The summed E-state index contributed by atoms with van der Waals surface area (Å²) in [7, 11) is 0. The van der Waals surface area contributed by atoms with Crippen LogP contribution in [0.15, 0.2) is 54.6 Å². The highest BCUT2D eigenvalue weighted by atomic mass is 16.5. The fraction of sp³-hybridized carbons (Fsp3) is 0.333. The average Bonchev–Trinajstić information content (AvgIpc) is 2.69. The molecule has 1 heterocycles. The van der Waals surface area contributed by atoms with Crippen molar-refractivity contribution < 1.29 is 14.3 Å². The summed E-state index contributed by atoms with van der Waals surface area (Å²) in [5.41, 5.74) is 2.40. The normalized spacial score (nSPS) is 14.7. The van der Waals surface area contributed by atoms with Crippen molar-refractivity contribution in [2.45, 2.75) is 19.8 Å². The fourth-order valence-electron chi connectivity index (χ4n) is 3.19. The summed E-state index contributed by atoms with van der Waals surface area (Å²) >= 11 is 0. The first-order valence-corrected chi connectivity index (χ1v) is 9.05. The first kappa shape index (κ1) is 18.0. The van der Waals surface area contributed by atoms with Gasteiger partial charge < -0.3 is 15.0 Å². The molecule has 5 nitrogen and oxygen atoms in total. The predicted molar refractivity (Wildman–Crippen MR) is 102 cm³/mol. The topological polar surface area (TPSA) is 58.6 Å². The number of nitrogens with one attached hydrogen (secondary N) is 1. The molecule has 5 heteroatoms. The first-order chi connectivity index (χ1) is 12.7. The lowest BCUT2D eigenvalue weighted by Crippen LogP contribution is -2.38. The molecule has 1 aliphatic heterocycles. The van der Waals surface area contributed by atoms with Crippen molar-refractivity contribution in [3.8, 4) is 0 Å². The van der Waals surface area contributed by atoms with Crippen LogP contribution in [-0.4, -0.2) is 31.6 Å². The Bertz CT molecular complexity index is 736. The Morgan fingerprint density at radius 3 is 2.31 bits per heavy atom. The van der Waals surface area contributed by atoms with E-state index in [-0.39, 0.29) is 17.8 Å². The quantitative estimate of drug-likeness (QED) is 0.833. The molecule has 3 rings (SSSR count). The number of esters is 1. The molecule has 0 unspecified atom stereocenters. The van der Waals surface area contributed by atoms with E-state index in [1.165, 1.54) is 5.69 Å². The van der Waals surface area contributed by atoms with Gasteiger partial charge in [0.2, 0.25) is 5.91 Å². The van der Waals surface area contributed by atoms with E-state index < -0.39 is 0 Å². The Labute approximate surface area is 154 Å². The van der Waals surface area contributed by atoms with Crippen LogP contribution in [0, 0.1) is 5.92 Å². The largest absolute Gasteiger partial charge is 0.462 e. The highest BCUT2D eigenvalue weighted by Crippen LogP contribution is 2.24. The Morgan fingerprint density at radius 2 is 1.69 bits per heavy atom. The maximum absolute atomic E-state index is 12.5.